The highest BCUT2D eigenvalue weighted by atomic mass is 32.2. The normalized spacial score (nSPS) is 12.4. The van der Waals surface area contributed by atoms with E-state index in [9.17, 15) is 18.0 Å². The molecule has 0 bridgehead atoms. The number of aromatic amines is 1. The van der Waals surface area contributed by atoms with E-state index in [4.69, 9.17) is 19.3 Å². The van der Waals surface area contributed by atoms with Crippen LogP contribution in [-0.4, -0.2) is 59.8 Å². The summed E-state index contributed by atoms with van der Waals surface area (Å²) in [5.41, 5.74) is 2.69. The van der Waals surface area contributed by atoms with E-state index in [2.05, 4.69) is 11.6 Å². The fraction of sp³-hybridized carbons (Fsp3) is 0.357. The van der Waals surface area contributed by atoms with Crippen molar-refractivity contribution in [1.29, 1.82) is 0 Å². The molecule has 292 valence electrons. The number of halogens is 2. The van der Waals surface area contributed by atoms with Crippen molar-refractivity contribution in [2.24, 2.45) is 5.41 Å². The summed E-state index contributed by atoms with van der Waals surface area (Å²) in [6, 6.07) is 16.4. The number of aromatic nitrogens is 3. The maximum atomic E-state index is 15.5. The van der Waals surface area contributed by atoms with Gasteiger partial charge in [0.15, 0.2) is 21.4 Å². The molecule has 1 atom stereocenters. The number of nitrogens with one attached hydrogen (secondary N) is 1. The number of carbonyl (C=O) groups excluding carboxylic acids is 2. The van der Waals surface area contributed by atoms with Crippen LogP contribution >= 0.6 is 0 Å². The monoisotopic (exact) mass is 775 g/mol. The molecule has 0 spiro atoms. The van der Waals surface area contributed by atoms with Crippen LogP contribution in [0.4, 0.5) is 8.78 Å². The van der Waals surface area contributed by atoms with Crippen LogP contribution in [0.5, 0.6) is 11.5 Å². The number of benzene rings is 3. The molecule has 2 aromatic heterocycles. The summed E-state index contributed by atoms with van der Waals surface area (Å²) in [5.74, 6) is -2.90. The molecule has 10 nitrogen and oxygen atoms in total. The van der Waals surface area contributed by atoms with E-state index >= 15 is 8.78 Å². The van der Waals surface area contributed by atoms with Gasteiger partial charge in [0.25, 0.3) is 0 Å². The summed E-state index contributed by atoms with van der Waals surface area (Å²) in [5, 5.41) is 5.54. The summed E-state index contributed by atoms with van der Waals surface area (Å²) in [6.45, 7) is 11.3. The first-order valence-corrected chi connectivity index (χ1v) is 20.1. The molecule has 0 saturated heterocycles. The highest BCUT2D eigenvalue weighted by Gasteiger charge is 2.29. The Bertz CT molecular complexity index is 2260. The van der Waals surface area contributed by atoms with E-state index in [1.54, 1.807) is 43.1 Å². The van der Waals surface area contributed by atoms with Gasteiger partial charge in [0.1, 0.15) is 17.3 Å². The van der Waals surface area contributed by atoms with Crippen LogP contribution in [0.2, 0.25) is 0 Å². The molecular formula is C42H47F2N3O7S. The largest absolute Gasteiger partial charge is 0.466 e. The van der Waals surface area contributed by atoms with Crippen molar-refractivity contribution in [1.82, 2.24) is 14.8 Å². The quantitative estimate of drug-likeness (QED) is 0.0824. The number of hydrogen-bond acceptors (Lipinski definition) is 8. The lowest BCUT2D eigenvalue weighted by Crippen LogP contribution is -2.29. The maximum Gasteiger partial charge on any atom is 0.321 e. The summed E-state index contributed by atoms with van der Waals surface area (Å²) >= 11 is 0. The number of hydrogen-bond donors (Lipinski definition) is 1. The molecule has 5 rings (SSSR count). The molecule has 1 unspecified atom stereocenters. The second-order valence-corrected chi connectivity index (χ2v) is 16.2. The lowest BCUT2D eigenvalue weighted by molar-refractivity contribution is -0.143. The molecular weight excluding hydrogens is 729 g/mol. The van der Waals surface area contributed by atoms with Crippen molar-refractivity contribution >= 4 is 38.8 Å². The number of rotatable bonds is 19. The Morgan fingerprint density at radius 2 is 1.76 bits per heavy atom. The van der Waals surface area contributed by atoms with E-state index < -0.39 is 38.6 Å². The topological polar surface area (TPSA) is 130 Å². The molecule has 3 aromatic carbocycles. The summed E-state index contributed by atoms with van der Waals surface area (Å²) in [4.78, 5) is 27.0. The van der Waals surface area contributed by atoms with Gasteiger partial charge in [0.05, 0.1) is 30.7 Å². The second-order valence-electron chi connectivity index (χ2n) is 14.1. The molecule has 2 heterocycles. The van der Waals surface area contributed by atoms with Gasteiger partial charge in [0, 0.05) is 46.9 Å². The number of esters is 2. The fourth-order valence-corrected chi connectivity index (χ4v) is 8.66. The molecule has 0 aliphatic carbocycles. The van der Waals surface area contributed by atoms with Crippen LogP contribution in [-0.2, 0) is 35.3 Å². The average Bonchev–Trinajstić information content (AvgIpc) is 3.80. The van der Waals surface area contributed by atoms with Gasteiger partial charge >= 0.3 is 11.9 Å². The fourth-order valence-electron chi connectivity index (χ4n) is 6.79. The average molecular weight is 776 g/mol. The van der Waals surface area contributed by atoms with Gasteiger partial charge in [-0.2, -0.15) is 5.10 Å². The van der Waals surface area contributed by atoms with Gasteiger partial charge in [-0.3, -0.25) is 14.3 Å². The Hall–Kier alpha value is -5.30. The summed E-state index contributed by atoms with van der Waals surface area (Å²) < 4.78 is 74.0. The van der Waals surface area contributed by atoms with Gasteiger partial charge < -0.3 is 19.2 Å². The number of carbonyl (C=O) groups is 2. The Labute approximate surface area is 320 Å². The SMILES string of the molecule is C=Cc1c(Oc2ccc(F)c(-c3ccn(C(CCCC(C)(C)CS(=O)(=O)CC(=O)OCC)c4cccc(CCC(=O)OCC)c4)n3)c2)c(F)cc2[nH]ccc12. The van der Waals surface area contributed by atoms with Gasteiger partial charge in [0.2, 0.25) is 0 Å². The van der Waals surface area contributed by atoms with E-state index in [0.29, 0.717) is 49.1 Å². The smallest absolute Gasteiger partial charge is 0.321 e. The van der Waals surface area contributed by atoms with Crippen LogP contribution in [0.15, 0.2) is 79.6 Å². The molecule has 13 heteroatoms. The molecule has 55 heavy (non-hydrogen) atoms. The van der Waals surface area contributed by atoms with Crippen molar-refractivity contribution in [3.05, 3.63) is 108 Å². The van der Waals surface area contributed by atoms with Crippen molar-refractivity contribution in [3.8, 4) is 22.8 Å². The molecule has 5 aromatic rings. The lowest BCUT2D eigenvalue weighted by Gasteiger charge is -2.26. The second kappa shape index (κ2) is 17.9. The number of aryl methyl sites for hydroxylation is 1. The lowest BCUT2D eigenvalue weighted by atomic mass is 9.87. The number of ether oxygens (including phenoxy) is 3. The molecule has 0 saturated carbocycles. The minimum absolute atomic E-state index is 0.0373. The molecule has 0 aliphatic rings. The summed E-state index contributed by atoms with van der Waals surface area (Å²) in [7, 11) is -3.71. The van der Waals surface area contributed by atoms with Crippen LogP contribution in [0.1, 0.15) is 76.1 Å². The van der Waals surface area contributed by atoms with Gasteiger partial charge in [-0.25, -0.2) is 17.2 Å². The highest BCUT2D eigenvalue weighted by Crippen LogP contribution is 2.37. The number of fused-ring (bicyclic) bond motifs is 1. The maximum absolute atomic E-state index is 15.5. The number of sulfone groups is 1. The van der Waals surface area contributed by atoms with Crippen LogP contribution in [0, 0.1) is 17.0 Å². The van der Waals surface area contributed by atoms with E-state index in [1.807, 2.05) is 38.1 Å². The zero-order valence-corrected chi connectivity index (χ0v) is 32.4. The minimum atomic E-state index is -3.71. The van der Waals surface area contributed by atoms with Crippen LogP contribution < -0.4 is 4.74 Å². The third-order valence-electron chi connectivity index (χ3n) is 9.21. The third-order valence-corrected chi connectivity index (χ3v) is 11.1. The van der Waals surface area contributed by atoms with Crippen molar-refractivity contribution in [2.75, 3.05) is 24.7 Å². The Kier molecular flexibility index (Phi) is 13.3. The molecule has 0 amide bonds. The van der Waals surface area contributed by atoms with Crippen molar-refractivity contribution < 1.29 is 41.0 Å². The van der Waals surface area contributed by atoms with Gasteiger partial charge in [-0.15, -0.1) is 0 Å². The predicted octanol–water partition coefficient (Wildman–Crippen LogP) is 9.00. The van der Waals surface area contributed by atoms with E-state index in [-0.39, 0.29) is 47.9 Å². The first kappa shape index (κ1) is 40.9. The summed E-state index contributed by atoms with van der Waals surface area (Å²) in [6.07, 6.45) is 7.30. The van der Waals surface area contributed by atoms with Gasteiger partial charge in [-0.05, 0) is 80.0 Å². The predicted molar refractivity (Wildman–Crippen MR) is 208 cm³/mol. The Morgan fingerprint density at radius 1 is 1.00 bits per heavy atom. The van der Waals surface area contributed by atoms with Crippen molar-refractivity contribution in [2.45, 2.75) is 65.8 Å². The Balaban J connectivity index is 1.41. The molecule has 1 N–H and O–H groups in total. The zero-order valence-electron chi connectivity index (χ0n) is 31.6. The number of H-pyrrole nitrogens is 1. The first-order valence-electron chi connectivity index (χ1n) is 18.3. The Morgan fingerprint density at radius 3 is 2.51 bits per heavy atom. The standard InChI is InChI=1S/C42H47F2N3O7S/c1-6-31-32-18-21-45-37(32)25-35(44)41(31)54-30-15-16-34(43)33(24-30)36-19-22-47(46-36)38(29-12-9-11-28(23-29)14-17-39(48)52-7-2)13-10-20-42(4,5)27-55(50,51)26-40(49)53-8-3/h6,9,11-12,15-16,18-19,21-25,38,45H,1,7-8,10,13-14,17,20,26-27H2,2-5H3. The van der Waals surface area contributed by atoms with Gasteiger partial charge in [-0.1, -0.05) is 57.2 Å². The van der Waals surface area contributed by atoms with E-state index in [1.165, 1.54) is 30.3 Å². The molecule has 0 radical (unpaired) electrons. The van der Waals surface area contributed by atoms with Crippen LogP contribution in [0.3, 0.4) is 0 Å². The number of nitrogens with zero attached hydrogens (tertiary/aromatic N) is 2. The molecule has 0 fully saturated rings. The minimum Gasteiger partial charge on any atom is -0.466 e. The van der Waals surface area contributed by atoms with E-state index in [0.717, 1.165) is 16.5 Å². The first-order chi connectivity index (χ1) is 26.2. The third kappa shape index (κ3) is 10.7. The zero-order chi connectivity index (χ0) is 39.8. The molecule has 0 aliphatic heterocycles. The highest BCUT2D eigenvalue weighted by molar-refractivity contribution is 7.92. The van der Waals surface area contributed by atoms with Crippen molar-refractivity contribution in [3.63, 3.8) is 0 Å². The van der Waals surface area contributed by atoms with Crippen LogP contribution in [0.25, 0.3) is 28.2 Å².